The first-order chi connectivity index (χ1) is 9.10. The van der Waals surface area contributed by atoms with Gasteiger partial charge in [0, 0.05) is 10.0 Å². The van der Waals surface area contributed by atoms with Crippen LogP contribution < -0.4 is 4.74 Å². The van der Waals surface area contributed by atoms with Crippen LogP contribution >= 0.6 is 15.9 Å². The Balaban J connectivity index is 2.29. The van der Waals surface area contributed by atoms with E-state index in [9.17, 15) is 4.79 Å². The number of ether oxygens (including phenoxy) is 1. The standard InChI is InChI=1S/C16H15BrO2/c1-11(2)15-9-13(17)5-8-16(15)19-14-6-3-12(10-18)4-7-14/h3-11H,1-2H3. The summed E-state index contributed by atoms with van der Waals surface area (Å²) in [5.41, 5.74) is 1.79. The summed E-state index contributed by atoms with van der Waals surface area (Å²) in [7, 11) is 0. The zero-order chi connectivity index (χ0) is 13.8. The first-order valence-corrected chi connectivity index (χ1v) is 6.92. The second-order valence-electron chi connectivity index (χ2n) is 4.63. The third-order valence-corrected chi connectivity index (χ3v) is 3.33. The van der Waals surface area contributed by atoms with Crippen LogP contribution in [0.25, 0.3) is 0 Å². The smallest absolute Gasteiger partial charge is 0.150 e. The van der Waals surface area contributed by atoms with E-state index in [2.05, 4.69) is 35.8 Å². The lowest BCUT2D eigenvalue weighted by atomic mass is 10.0. The molecule has 0 saturated carbocycles. The van der Waals surface area contributed by atoms with Crippen LogP contribution in [0.15, 0.2) is 46.9 Å². The molecule has 98 valence electrons. The topological polar surface area (TPSA) is 26.3 Å². The van der Waals surface area contributed by atoms with Gasteiger partial charge in [-0.25, -0.2) is 0 Å². The van der Waals surface area contributed by atoms with Crippen molar-refractivity contribution in [2.75, 3.05) is 0 Å². The first kappa shape index (κ1) is 13.8. The molecule has 2 aromatic carbocycles. The number of carbonyl (C=O) groups excluding carboxylic acids is 1. The maximum Gasteiger partial charge on any atom is 0.150 e. The minimum atomic E-state index is 0.377. The summed E-state index contributed by atoms with van der Waals surface area (Å²) in [5, 5.41) is 0. The molecule has 3 heteroatoms. The fraction of sp³-hybridized carbons (Fsp3) is 0.188. The molecular formula is C16H15BrO2. The number of rotatable bonds is 4. The molecule has 0 unspecified atom stereocenters. The summed E-state index contributed by atoms with van der Waals surface area (Å²) in [6, 6.07) is 13.1. The lowest BCUT2D eigenvalue weighted by Crippen LogP contribution is -1.94. The molecule has 0 radical (unpaired) electrons. The number of halogens is 1. The zero-order valence-electron chi connectivity index (χ0n) is 10.9. The number of hydrogen-bond acceptors (Lipinski definition) is 2. The third kappa shape index (κ3) is 3.44. The fourth-order valence-electron chi connectivity index (χ4n) is 1.80. The predicted molar refractivity (Wildman–Crippen MR) is 80.1 cm³/mol. The molecule has 19 heavy (non-hydrogen) atoms. The zero-order valence-corrected chi connectivity index (χ0v) is 12.5. The van der Waals surface area contributed by atoms with E-state index in [1.165, 1.54) is 0 Å². The van der Waals surface area contributed by atoms with Crippen molar-refractivity contribution in [1.82, 2.24) is 0 Å². The average Bonchev–Trinajstić information content (AvgIpc) is 2.41. The van der Waals surface area contributed by atoms with Crippen molar-refractivity contribution in [3.05, 3.63) is 58.1 Å². The van der Waals surface area contributed by atoms with Gasteiger partial charge >= 0.3 is 0 Å². The van der Waals surface area contributed by atoms with Gasteiger partial charge in [0.05, 0.1) is 0 Å². The molecule has 2 nitrogen and oxygen atoms in total. The fourth-order valence-corrected chi connectivity index (χ4v) is 2.18. The molecule has 0 aromatic heterocycles. The highest BCUT2D eigenvalue weighted by molar-refractivity contribution is 9.10. The Hall–Kier alpha value is -1.61. The number of aldehydes is 1. The van der Waals surface area contributed by atoms with Gasteiger partial charge in [-0.05, 0) is 53.9 Å². The average molecular weight is 319 g/mol. The third-order valence-electron chi connectivity index (χ3n) is 2.84. The second kappa shape index (κ2) is 6.02. The summed E-state index contributed by atoms with van der Waals surface area (Å²) in [5.74, 6) is 1.95. The van der Waals surface area contributed by atoms with Gasteiger partial charge in [0.15, 0.2) is 0 Å². The Bertz CT molecular complexity index is 574. The number of carbonyl (C=O) groups is 1. The molecule has 0 spiro atoms. The van der Waals surface area contributed by atoms with Gasteiger partial charge in [0.25, 0.3) is 0 Å². The Kier molecular flexibility index (Phi) is 4.38. The van der Waals surface area contributed by atoms with Crippen LogP contribution in [0.4, 0.5) is 0 Å². The van der Waals surface area contributed by atoms with Gasteiger partial charge in [0.1, 0.15) is 17.8 Å². The molecule has 0 aliphatic rings. The maximum atomic E-state index is 10.6. The lowest BCUT2D eigenvalue weighted by molar-refractivity contribution is 0.112. The van der Waals surface area contributed by atoms with Gasteiger partial charge in [-0.1, -0.05) is 29.8 Å². The van der Waals surface area contributed by atoms with Crippen LogP contribution in [-0.4, -0.2) is 6.29 Å². The van der Waals surface area contributed by atoms with Gasteiger partial charge < -0.3 is 4.74 Å². The molecule has 2 rings (SSSR count). The summed E-state index contributed by atoms with van der Waals surface area (Å²) in [6.45, 7) is 4.26. The van der Waals surface area contributed by atoms with Crippen molar-refractivity contribution >= 4 is 22.2 Å². The Labute approximate surface area is 121 Å². The molecule has 0 heterocycles. The summed E-state index contributed by atoms with van der Waals surface area (Å²) in [6.07, 6.45) is 0.822. The lowest BCUT2D eigenvalue weighted by Gasteiger charge is -2.14. The minimum absolute atomic E-state index is 0.377. The highest BCUT2D eigenvalue weighted by Crippen LogP contribution is 2.32. The molecule has 0 amide bonds. The van der Waals surface area contributed by atoms with Crippen molar-refractivity contribution in [1.29, 1.82) is 0 Å². The second-order valence-corrected chi connectivity index (χ2v) is 5.54. The molecule has 0 bridgehead atoms. The van der Waals surface area contributed by atoms with E-state index in [4.69, 9.17) is 4.74 Å². The molecule has 0 aliphatic carbocycles. The number of hydrogen-bond donors (Lipinski definition) is 0. The van der Waals surface area contributed by atoms with Crippen molar-refractivity contribution in [2.24, 2.45) is 0 Å². The highest BCUT2D eigenvalue weighted by atomic mass is 79.9. The summed E-state index contributed by atoms with van der Waals surface area (Å²) < 4.78 is 6.93. The van der Waals surface area contributed by atoms with E-state index in [1.54, 1.807) is 24.3 Å². The van der Waals surface area contributed by atoms with Gasteiger partial charge in [-0.3, -0.25) is 4.79 Å². The normalized spacial score (nSPS) is 10.5. The first-order valence-electron chi connectivity index (χ1n) is 6.12. The van der Waals surface area contributed by atoms with Gasteiger partial charge in [-0.15, -0.1) is 0 Å². The Morgan fingerprint density at radius 3 is 2.37 bits per heavy atom. The summed E-state index contributed by atoms with van der Waals surface area (Å²) in [4.78, 5) is 10.6. The van der Waals surface area contributed by atoms with Gasteiger partial charge in [-0.2, -0.15) is 0 Å². The number of benzene rings is 2. The molecule has 0 N–H and O–H groups in total. The van der Waals surface area contributed by atoms with Crippen LogP contribution in [0.5, 0.6) is 11.5 Å². The SMILES string of the molecule is CC(C)c1cc(Br)ccc1Oc1ccc(C=O)cc1. The van der Waals surface area contributed by atoms with Crippen molar-refractivity contribution in [3.8, 4) is 11.5 Å². The monoisotopic (exact) mass is 318 g/mol. The highest BCUT2D eigenvalue weighted by Gasteiger charge is 2.09. The maximum absolute atomic E-state index is 10.6. The van der Waals surface area contributed by atoms with Crippen LogP contribution in [0.2, 0.25) is 0 Å². The van der Waals surface area contributed by atoms with E-state index in [0.717, 1.165) is 27.8 Å². The van der Waals surface area contributed by atoms with Gasteiger partial charge in [0.2, 0.25) is 0 Å². The van der Waals surface area contributed by atoms with Crippen LogP contribution in [0.3, 0.4) is 0 Å². The van der Waals surface area contributed by atoms with Crippen molar-refractivity contribution in [2.45, 2.75) is 19.8 Å². The minimum Gasteiger partial charge on any atom is -0.457 e. The van der Waals surface area contributed by atoms with Crippen LogP contribution in [0, 0.1) is 0 Å². The van der Waals surface area contributed by atoms with E-state index in [-0.39, 0.29) is 0 Å². The van der Waals surface area contributed by atoms with Crippen molar-refractivity contribution in [3.63, 3.8) is 0 Å². The van der Waals surface area contributed by atoms with E-state index >= 15 is 0 Å². The molecule has 0 saturated heterocycles. The van der Waals surface area contributed by atoms with Crippen molar-refractivity contribution < 1.29 is 9.53 Å². The van der Waals surface area contributed by atoms with Crippen LogP contribution in [-0.2, 0) is 0 Å². The predicted octanol–water partition coefficient (Wildman–Crippen LogP) is 5.18. The Morgan fingerprint density at radius 1 is 1.11 bits per heavy atom. The molecule has 2 aromatic rings. The molecule has 0 aliphatic heterocycles. The molecular weight excluding hydrogens is 304 g/mol. The Morgan fingerprint density at radius 2 is 1.79 bits per heavy atom. The van der Waals surface area contributed by atoms with Crippen LogP contribution in [0.1, 0.15) is 35.7 Å². The summed E-state index contributed by atoms with van der Waals surface area (Å²) >= 11 is 3.47. The quantitative estimate of drug-likeness (QED) is 0.726. The van der Waals surface area contributed by atoms with E-state index in [1.807, 2.05) is 12.1 Å². The molecule has 0 atom stereocenters. The van der Waals surface area contributed by atoms with E-state index in [0.29, 0.717) is 11.5 Å². The molecule has 0 fully saturated rings. The van der Waals surface area contributed by atoms with E-state index < -0.39 is 0 Å². The largest absolute Gasteiger partial charge is 0.457 e.